The molecule has 0 saturated carbocycles. The van der Waals surface area contributed by atoms with Gasteiger partial charge in [-0.05, 0) is 18.8 Å². The molecule has 0 spiro atoms. The van der Waals surface area contributed by atoms with Crippen LogP contribution in [0.3, 0.4) is 0 Å². The topological polar surface area (TPSA) is 26.3 Å². The maximum absolute atomic E-state index is 10.5. The summed E-state index contributed by atoms with van der Waals surface area (Å²) < 4.78 is 4.73. The molecule has 2 heteroatoms. The van der Waals surface area contributed by atoms with Gasteiger partial charge in [-0.3, -0.25) is 0 Å². The summed E-state index contributed by atoms with van der Waals surface area (Å²) in [6, 6.07) is 0. The molecule has 0 amide bonds. The highest BCUT2D eigenvalue weighted by molar-refractivity contribution is 5.87. The number of unbranched alkanes of at least 4 members (excludes halogenated alkanes) is 1. The minimum absolute atomic E-state index is 0.458. The van der Waals surface area contributed by atoms with Gasteiger partial charge in [0.25, 0.3) is 0 Å². The number of carbonyl (C=O) groups is 1. The van der Waals surface area contributed by atoms with Gasteiger partial charge in [-0.2, -0.15) is 0 Å². The molecule has 2 nitrogen and oxygen atoms in total. The SMILES string of the molecule is C#CC(=O)OCCCC[C@@H](C)CC. The second-order valence-electron chi connectivity index (χ2n) is 3.29. The van der Waals surface area contributed by atoms with Crippen LogP contribution < -0.4 is 0 Å². The number of hydrogen-bond acceptors (Lipinski definition) is 2. The summed E-state index contributed by atoms with van der Waals surface area (Å²) in [4.78, 5) is 10.5. The zero-order valence-corrected chi connectivity index (χ0v) is 8.51. The fourth-order valence-corrected chi connectivity index (χ4v) is 1.01. The molecule has 0 bridgehead atoms. The van der Waals surface area contributed by atoms with Crippen LogP contribution in [-0.4, -0.2) is 12.6 Å². The van der Waals surface area contributed by atoms with Crippen LogP contribution >= 0.6 is 0 Å². The number of terminal acetylenes is 1. The van der Waals surface area contributed by atoms with Crippen LogP contribution in [0.2, 0.25) is 0 Å². The summed E-state index contributed by atoms with van der Waals surface area (Å²) in [5.74, 6) is 2.13. The molecule has 0 radical (unpaired) electrons. The van der Waals surface area contributed by atoms with E-state index in [2.05, 4.69) is 13.8 Å². The van der Waals surface area contributed by atoms with Gasteiger partial charge in [-0.25, -0.2) is 4.79 Å². The molecule has 0 heterocycles. The maximum atomic E-state index is 10.5. The average molecular weight is 182 g/mol. The molecule has 13 heavy (non-hydrogen) atoms. The molecule has 0 aromatic rings. The van der Waals surface area contributed by atoms with E-state index in [1.54, 1.807) is 0 Å². The number of hydrogen-bond donors (Lipinski definition) is 0. The molecule has 0 aromatic carbocycles. The van der Waals surface area contributed by atoms with E-state index in [1.165, 1.54) is 12.8 Å². The Hall–Kier alpha value is -0.970. The lowest BCUT2D eigenvalue weighted by Gasteiger charge is -2.06. The lowest BCUT2D eigenvalue weighted by atomic mass is 10.0. The molecule has 0 N–H and O–H groups in total. The Labute approximate surface area is 80.7 Å². The van der Waals surface area contributed by atoms with Crippen LogP contribution in [-0.2, 0) is 9.53 Å². The van der Waals surface area contributed by atoms with E-state index >= 15 is 0 Å². The molecule has 1 atom stereocenters. The van der Waals surface area contributed by atoms with Crippen LogP contribution in [0, 0.1) is 18.3 Å². The highest BCUT2D eigenvalue weighted by Gasteiger charge is 1.99. The summed E-state index contributed by atoms with van der Waals surface area (Å²) in [6.07, 6.45) is 9.26. The quantitative estimate of drug-likeness (QED) is 0.273. The van der Waals surface area contributed by atoms with Crippen molar-refractivity contribution in [2.75, 3.05) is 6.61 Å². The second-order valence-corrected chi connectivity index (χ2v) is 3.29. The van der Waals surface area contributed by atoms with Gasteiger partial charge in [0, 0.05) is 5.92 Å². The normalized spacial score (nSPS) is 11.8. The summed E-state index contributed by atoms with van der Waals surface area (Å²) >= 11 is 0. The van der Waals surface area contributed by atoms with Gasteiger partial charge in [0.15, 0.2) is 0 Å². The Morgan fingerprint density at radius 3 is 2.77 bits per heavy atom. The Balaban J connectivity index is 3.18. The molecule has 74 valence electrons. The zero-order chi connectivity index (χ0) is 10.1. The van der Waals surface area contributed by atoms with E-state index in [4.69, 9.17) is 11.2 Å². The van der Waals surface area contributed by atoms with Gasteiger partial charge in [-0.1, -0.05) is 26.7 Å². The number of ether oxygens (including phenoxy) is 1. The van der Waals surface area contributed by atoms with Crippen molar-refractivity contribution in [1.29, 1.82) is 0 Å². The third-order valence-corrected chi connectivity index (χ3v) is 2.14. The molecule has 0 aliphatic heterocycles. The maximum Gasteiger partial charge on any atom is 0.384 e. The van der Waals surface area contributed by atoms with Crippen LogP contribution in [0.4, 0.5) is 0 Å². The van der Waals surface area contributed by atoms with Crippen molar-refractivity contribution >= 4 is 5.97 Å². The summed E-state index contributed by atoms with van der Waals surface area (Å²) in [7, 11) is 0. The third kappa shape index (κ3) is 7.39. The largest absolute Gasteiger partial charge is 0.456 e. The molecule has 0 rings (SSSR count). The number of rotatable bonds is 6. The van der Waals surface area contributed by atoms with Gasteiger partial charge in [0.1, 0.15) is 0 Å². The molecule has 0 unspecified atom stereocenters. The van der Waals surface area contributed by atoms with Crippen molar-refractivity contribution in [1.82, 2.24) is 0 Å². The fourth-order valence-electron chi connectivity index (χ4n) is 1.01. The van der Waals surface area contributed by atoms with Crippen LogP contribution in [0.25, 0.3) is 0 Å². The van der Waals surface area contributed by atoms with E-state index in [1.807, 2.05) is 5.92 Å². The number of esters is 1. The molecular formula is C11H18O2. The first-order chi connectivity index (χ1) is 6.20. The van der Waals surface area contributed by atoms with Crippen LogP contribution in [0.1, 0.15) is 39.5 Å². The zero-order valence-electron chi connectivity index (χ0n) is 8.51. The van der Waals surface area contributed by atoms with Crippen molar-refractivity contribution in [2.24, 2.45) is 5.92 Å². The first kappa shape index (κ1) is 12.0. The van der Waals surface area contributed by atoms with E-state index in [0.29, 0.717) is 6.61 Å². The predicted molar refractivity (Wildman–Crippen MR) is 53.1 cm³/mol. The summed E-state index contributed by atoms with van der Waals surface area (Å²) in [5.41, 5.74) is 0. The lowest BCUT2D eigenvalue weighted by molar-refractivity contribution is -0.136. The van der Waals surface area contributed by atoms with Crippen LogP contribution in [0.5, 0.6) is 0 Å². The average Bonchev–Trinajstić information content (AvgIpc) is 2.16. The minimum atomic E-state index is -0.552. The molecular weight excluding hydrogens is 164 g/mol. The molecule has 0 aliphatic carbocycles. The minimum Gasteiger partial charge on any atom is -0.456 e. The van der Waals surface area contributed by atoms with E-state index in [0.717, 1.165) is 18.8 Å². The summed E-state index contributed by atoms with van der Waals surface area (Å²) in [6.45, 7) is 4.87. The molecule has 0 aliphatic rings. The Morgan fingerprint density at radius 2 is 2.23 bits per heavy atom. The van der Waals surface area contributed by atoms with Gasteiger partial charge >= 0.3 is 5.97 Å². The van der Waals surface area contributed by atoms with Gasteiger partial charge in [0.2, 0.25) is 0 Å². The van der Waals surface area contributed by atoms with Crippen molar-refractivity contribution in [3.8, 4) is 12.3 Å². The number of carbonyl (C=O) groups excluding carboxylic acids is 1. The summed E-state index contributed by atoms with van der Waals surface area (Å²) in [5, 5.41) is 0. The van der Waals surface area contributed by atoms with E-state index in [9.17, 15) is 4.79 Å². The predicted octanol–water partition coefficient (Wildman–Crippen LogP) is 2.38. The standard InChI is InChI=1S/C11H18O2/c1-4-10(3)8-6-7-9-13-11(12)5-2/h2,10H,4,6-9H2,1,3H3/t10-/m0/s1. The van der Waals surface area contributed by atoms with Crippen molar-refractivity contribution < 1.29 is 9.53 Å². The first-order valence-electron chi connectivity index (χ1n) is 4.84. The first-order valence-corrected chi connectivity index (χ1v) is 4.84. The molecule has 0 fully saturated rings. The van der Waals surface area contributed by atoms with Crippen molar-refractivity contribution in [3.05, 3.63) is 0 Å². The highest BCUT2D eigenvalue weighted by Crippen LogP contribution is 2.10. The van der Waals surface area contributed by atoms with Gasteiger partial charge < -0.3 is 4.74 Å². The van der Waals surface area contributed by atoms with E-state index < -0.39 is 5.97 Å². The molecule has 0 aromatic heterocycles. The van der Waals surface area contributed by atoms with Gasteiger partial charge in [0.05, 0.1) is 6.61 Å². The molecule has 0 saturated heterocycles. The van der Waals surface area contributed by atoms with Gasteiger partial charge in [-0.15, -0.1) is 6.42 Å². The highest BCUT2D eigenvalue weighted by atomic mass is 16.5. The fraction of sp³-hybridized carbons (Fsp3) is 0.727. The van der Waals surface area contributed by atoms with E-state index in [-0.39, 0.29) is 0 Å². The lowest BCUT2D eigenvalue weighted by Crippen LogP contribution is -2.03. The Morgan fingerprint density at radius 1 is 1.54 bits per heavy atom. The smallest absolute Gasteiger partial charge is 0.384 e. The second kappa shape index (κ2) is 7.67. The monoisotopic (exact) mass is 182 g/mol. The van der Waals surface area contributed by atoms with Crippen molar-refractivity contribution in [3.63, 3.8) is 0 Å². The Kier molecular flexibility index (Phi) is 7.10. The third-order valence-electron chi connectivity index (χ3n) is 2.14. The van der Waals surface area contributed by atoms with Crippen LogP contribution in [0.15, 0.2) is 0 Å². The Bertz CT molecular complexity index is 179. The van der Waals surface area contributed by atoms with Crippen molar-refractivity contribution in [2.45, 2.75) is 39.5 Å².